The molecule has 1 aromatic rings. The van der Waals surface area contributed by atoms with Gasteiger partial charge in [-0.1, -0.05) is 25.5 Å². The summed E-state index contributed by atoms with van der Waals surface area (Å²) in [5, 5.41) is 0. The molecule has 2 unspecified atom stereocenters. The Balaban J connectivity index is 0.00000225. The van der Waals surface area contributed by atoms with Gasteiger partial charge in [0.05, 0.1) is 5.92 Å². The van der Waals surface area contributed by atoms with Gasteiger partial charge in [0, 0.05) is 37.8 Å². The minimum atomic E-state index is -0.236. The van der Waals surface area contributed by atoms with Gasteiger partial charge >= 0.3 is 0 Å². The number of likely N-dealkylation sites (tertiary alicyclic amines) is 1. The van der Waals surface area contributed by atoms with Crippen molar-refractivity contribution in [1.82, 2.24) is 4.90 Å². The van der Waals surface area contributed by atoms with Gasteiger partial charge in [0.25, 0.3) is 0 Å². The van der Waals surface area contributed by atoms with Crippen molar-refractivity contribution in [2.24, 2.45) is 11.7 Å². The SMILES string of the molecule is CCCc1ccc(N2CC(C(=O)N3CCCC3CN)CC2=O)cc1.Cl. The molecule has 0 spiro atoms. The van der Waals surface area contributed by atoms with Crippen LogP contribution in [0.1, 0.15) is 38.2 Å². The first-order valence-corrected chi connectivity index (χ1v) is 9.04. The van der Waals surface area contributed by atoms with Crippen molar-refractivity contribution in [2.75, 3.05) is 24.5 Å². The average molecular weight is 366 g/mol. The van der Waals surface area contributed by atoms with Crippen LogP contribution < -0.4 is 10.6 Å². The van der Waals surface area contributed by atoms with Crippen LogP contribution in [0.5, 0.6) is 0 Å². The van der Waals surface area contributed by atoms with E-state index in [0.717, 1.165) is 37.9 Å². The largest absolute Gasteiger partial charge is 0.338 e. The van der Waals surface area contributed by atoms with Gasteiger partial charge in [0.1, 0.15) is 0 Å². The molecular formula is C19H28ClN3O2. The Bertz CT molecular complexity index is 605. The highest BCUT2D eigenvalue weighted by molar-refractivity contribution is 6.00. The third-order valence-corrected chi connectivity index (χ3v) is 5.19. The Kier molecular flexibility index (Phi) is 6.85. The fraction of sp³-hybridized carbons (Fsp3) is 0.579. The average Bonchev–Trinajstić information content (AvgIpc) is 3.21. The highest BCUT2D eigenvalue weighted by Gasteiger charge is 2.39. The molecule has 0 saturated carbocycles. The van der Waals surface area contributed by atoms with E-state index in [1.165, 1.54) is 5.56 Å². The zero-order chi connectivity index (χ0) is 17.1. The molecule has 5 nitrogen and oxygen atoms in total. The Labute approximate surface area is 155 Å². The van der Waals surface area contributed by atoms with E-state index in [9.17, 15) is 9.59 Å². The molecule has 6 heteroatoms. The smallest absolute Gasteiger partial charge is 0.228 e. The summed E-state index contributed by atoms with van der Waals surface area (Å²) in [6, 6.07) is 8.29. The lowest BCUT2D eigenvalue weighted by Gasteiger charge is -2.26. The van der Waals surface area contributed by atoms with Crippen LogP contribution in [0.15, 0.2) is 24.3 Å². The Morgan fingerprint density at radius 3 is 2.64 bits per heavy atom. The van der Waals surface area contributed by atoms with Crippen LogP contribution in [0, 0.1) is 5.92 Å². The molecule has 0 radical (unpaired) electrons. The number of nitrogens with zero attached hydrogens (tertiary/aromatic N) is 2. The lowest BCUT2D eigenvalue weighted by molar-refractivity contribution is -0.136. The lowest BCUT2D eigenvalue weighted by atomic mass is 10.1. The van der Waals surface area contributed by atoms with Crippen LogP contribution in [0.3, 0.4) is 0 Å². The monoisotopic (exact) mass is 365 g/mol. The summed E-state index contributed by atoms with van der Waals surface area (Å²) in [7, 11) is 0. The third kappa shape index (κ3) is 4.15. The molecule has 2 N–H and O–H groups in total. The number of nitrogens with two attached hydrogens (primary N) is 1. The van der Waals surface area contributed by atoms with Gasteiger partial charge in [0.2, 0.25) is 11.8 Å². The summed E-state index contributed by atoms with van der Waals surface area (Å²) in [4.78, 5) is 28.8. The summed E-state index contributed by atoms with van der Waals surface area (Å²) in [5.74, 6) is -0.0959. The number of anilines is 1. The van der Waals surface area contributed by atoms with E-state index in [4.69, 9.17) is 5.73 Å². The molecular weight excluding hydrogens is 338 g/mol. The Morgan fingerprint density at radius 1 is 1.28 bits per heavy atom. The van der Waals surface area contributed by atoms with Crippen molar-refractivity contribution in [3.05, 3.63) is 29.8 Å². The molecule has 2 amide bonds. The number of hydrogen-bond donors (Lipinski definition) is 1. The van der Waals surface area contributed by atoms with E-state index in [2.05, 4.69) is 19.1 Å². The van der Waals surface area contributed by atoms with Crippen molar-refractivity contribution in [2.45, 2.75) is 45.1 Å². The Morgan fingerprint density at radius 2 is 2.00 bits per heavy atom. The molecule has 25 heavy (non-hydrogen) atoms. The van der Waals surface area contributed by atoms with E-state index < -0.39 is 0 Å². The summed E-state index contributed by atoms with van der Waals surface area (Å²) in [6.45, 7) is 3.92. The number of carbonyl (C=O) groups is 2. The quantitative estimate of drug-likeness (QED) is 0.871. The molecule has 138 valence electrons. The molecule has 0 aliphatic carbocycles. The third-order valence-electron chi connectivity index (χ3n) is 5.19. The first-order chi connectivity index (χ1) is 11.6. The predicted octanol–water partition coefficient (Wildman–Crippen LogP) is 2.36. The van der Waals surface area contributed by atoms with E-state index >= 15 is 0 Å². The normalized spacial score (nSPS) is 23.0. The number of benzene rings is 1. The fourth-order valence-corrected chi connectivity index (χ4v) is 3.86. The first kappa shape index (κ1) is 19.7. The zero-order valence-electron chi connectivity index (χ0n) is 14.8. The molecule has 2 saturated heterocycles. The lowest BCUT2D eigenvalue weighted by Crippen LogP contribution is -2.43. The van der Waals surface area contributed by atoms with Crippen molar-refractivity contribution in [3.8, 4) is 0 Å². The van der Waals surface area contributed by atoms with Gasteiger partial charge in [0.15, 0.2) is 0 Å². The second kappa shape index (κ2) is 8.68. The summed E-state index contributed by atoms with van der Waals surface area (Å²) < 4.78 is 0. The number of hydrogen-bond acceptors (Lipinski definition) is 3. The van der Waals surface area contributed by atoms with Crippen LogP contribution in [-0.4, -0.2) is 42.4 Å². The van der Waals surface area contributed by atoms with Crippen molar-refractivity contribution < 1.29 is 9.59 Å². The summed E-state index contributed by atoms with van der Waals surface area (Å²) >= 11 is 0. The standard InChI is InChI=1S/C19H27N3O2.ClH/c1-2-4-14-6-8-16(9-7-14)22-13-15(11-18(22)23)19(24)21-10-3-5-17(21)12-20;/h6-9,15,17H,2-5,10-13,20H2,1H3;1H. The van der Waals surface area contributed by atoms with Gasteiger partial charge in [-0.3, -0.25) is 9.59 Å². The highest BCUT2D eigenvalue weighted by Crippen LogP contribution is 2.29. The molecule has 2 heterocycles. The second-order valence-corrected chi connectivity index (χ2v) is 6.89. The summed E-state index contributed by atoms with van der Waals surface area (Å²) in [5.41, 5.74) is 7.95. The van der Waals surface area contributed by atoms with Gasteiger partial charge in [-0.25, -0.2) is 0 Å². The predicted molar refractivity (Wildman–Crippen MR) is 102 cm³/mol. The molecule has 2 aliphatic rings. The van der Waals surface area contributed by atoms with Gasteiger partial charge in [-0.15, -0.1) is 12.4 Å². The van der Waals surface area contributed by atoms with E-state index in [-0.39, 0.29) is 36.2 Å². The second-order valence-electron chi connectivity index (χ2n) is 6.89. The molecule has 0 bridgehead atoms. The number of aryl methyl sites for hydroxylation is 1. The van der Waals surface area contributed by atoms with Gasteiger partial charge < -0.3 is 15.5 Å². The van der Waals surface area contributed by atoms with Crippen LogP contribution in [-0.2, 0) is 16.0 Å². The Hall–Kier alpha value is -1.59. The molecule has 2 fully saturated rings. The van der Waals surface area contributed by atoms with Crippen LogP contribution in [0.2, 0.25) is 0 Å². The number of rotatable bonds is 5. The van der Waals surface area contributed by atoms with E-state index in [1.54, 1.807) is 4.90 Å². The maximum atomic E-state index is 12.8. The topological polar surface area (TPSA) is 66.6 Å². The zero-order valence-corrected chi connectivity index (χ0v) is 15.6. The molecule has 0 aromatic heterocycles. The minimum Gasteiger partial charge on any atom is -0.338 e. The van der Waals surface area contributed by atoms with Crippen molar-refractivity contribution >= 4 is 29.9 Å². The van der Waals surface area contributed by atoms with E-state index in [0.29, 0.717) is 19.5 Å². The van der Waals surface area contributed by atoms with Crippen molar-refractivity contribution in [1.29, 1.82) is 0 Å². The number of halogens is 1. The summed E-state index contributed by atoms with van der Waals surface area (Å²) in [6.07, 6.45) is 4.45. The highest BCUT2D eigenvalue weighted by atomic mass is 35.5. The van der Waals surface area contributed by atoms with Crippen LogP contribution in [0.4, 0.5) is 5.69 Å². The maximum Gasteiger partial charge on any atom is 0.228 e. The van der Waals surface area contributed by atoms with E-state index in [1.807, 2.05) is 17.0 Å². The van der Waals surface area contributed by atoms with Gasteiger partial charge in [-0.05, 0) is 37.0 Å². The number of amides is 2. The molecule has 2 aliphatic heterocycles. The fourth-order valence-electron chi connectivity index (χ4n) is 3.86. The molecule has 2 atom stereocenters. The molecule has 3 rings (SSSR count). The van der Waals surface area contributed by atoms with Gasteiger partial charge in [-0.2, -0.15) is 0 Å². The first-order valence-electron chi connectivity index (χ1n) is 9.04. The molecule has 1 aromatic carbocycles. The van der Waals surface area contributed by atoms with Crippen LogP contribution >= 0.6 is 12.4 Å². The van der Waals surface area contributed by atoms with Crippen molar-refractivity contribution in [3.63, 3.8) is 0 Å². The minimum absolute atomic E-state index is 0. The number of carbonyl (C=O) groups excluding carboxylic acids is 2. The van der Waals surface area contributed by atoms with Crippen LogP contribution in [0.25, 0.3) is 0 Å². The maximum absolute atomic E-state index is 12.8.